The fourth-order valence-corrected chi connectivity index (χ4v) is 5.02. The van der Waals surface area contributed by atoms with Gasteiger partial charge >= 0.3 is 11.9 Å². The van der Waals surface area contributed by atoms with E-state index in [2.05, 4.69) is 5.32 Å². The molecule has 3 atom stereocenters. The molecule has 0 bridgehead atoms. The van der Waals surface area contributed by atoms with Crippen molar-refractivity contribution in [1.82, 2.24) is 5.32 Å². The average molecular weight is 496 g/mol. The van der Waals surface area contributed by atoms with Gasteiger partial charge in [0.1, 0.15) is 18.1 Å². The second-order valence-corrected chi connectivity index (χ2v) is 9.18. The summed E-state index contributed by atoms with van der Waals surface area (Å²) in [4.78, 5) is 53.4. The first-order valence-corrected chi connectivity index (χ1v) is 11.7. The molecule has 0 saturated heterocycles. The molecule has 190 valence electrons. The van der Waals surface area contributed by atoms with E-state index in [0.29, 0.717) is 28.8 Å². The van der Waals surface area contributed by atoms with Crippen LogP contribution < -0.4 is 10.7 Å². The van der Waals surface area contributed by atoms with Crippen molar-refractivity contribution < 1.29 is 33.0 Å². The van der Waals surface area contributed by atoms with E-state index >= 15 is 0 Å². The van der Waals surface area contributed by atoms with Crippen LogP contribution in [-0.2, 0) is 28.6 Å². The molecule has 1 aromatic heterocycles. The van der Waals surface area contributed by atoms with Gasteiger partial charge in [-0.3, -0.25) is 14.4 Å². The monoisotopic (exact) mass is 495 g/mol. The number of fused-ring (bicyclic) bond motifs is 1. The summed E-state index contributed by atoms with van der Waals surface area (Å²) in [5.74, 6) is -4.32. The molecule has 0 amide bonds. The molecule has 1 aromatic carbocycles. The van der Waals surface area contributed by atoms with Crippen LogP contribution in [0.15, 0.2) is 56.2 Å². The number of esters is 2. The Hall–Kier alpha value is -3.72. The third kappa shape index (κ3) is 4.35. The molecule has 2 aliphatic rings. The standard InChI is InChI=1S/C27H29NO8/c1-13-6-7-19-16(10-13)24(29)17(12-36-19)22-21(27(32)35-9-8-33-4)15(3)28-18-11-14(2)20(26(31)34-5)25(30)23(18)22/h6-7,10,12,14,20,22,28H,8-9,11H2,1-5H3/t14-,20+,22+/m1/s1. The van der Waals surface area contributed by atoms with Crippen molar-refractivity contribution in [2.24, 2.45) is 11.8 Å². The first kappa shape index (κ1) is 25.4. The molecular weight excluding hydrogens is 466 g/mol. The fourth-order valence-electron chi connectivity index (χ4n) is 5.02. The largest absolute Gasteiger partial charge is 0.468 e. The molecule has 4 rings (SSSR count). The molecule has 0 unspecified atom stereocenters. The molecule has 1 aliphatic carbocycles. The number of hydrogen-bond donors (Lipinski definition) is 1. The Balaban J connectivity index is 1.93. The lowest BCUT2D eigenvalue weighted by atomic mass is 9.69. The van der Waals surface area contributed by atoms with Crippen molar-refractivity contribution >= 4 is 28.7 Å². The zero-order valence-corrected chi connectivity index (χ0v) is 20.9. The Labute approximate surface area is 208 Å². The van der Waals surface area contributed by atoms with Crippen molar-refractivity contribution in [3.63, 3.8) is 0 Å². The lowest BCUT2D eigenvalue weighted by Crippen LogP contribution is -2.44. The minimum absolute atomic E-state index is 0.00791. The van der Waals surface area contributed by atoms with Crippen LogP contribution in [0.5, 0.6) is 0 Å². The maximum atomic E-state index is 13.8. The van der Waals surface area contributed by atoms with Crippen LogP contribution in [-0.4, -0.2) is 45.2 Å². The Bertz CT molecular complexity index is 1370. The van der Waals surface area contributed by atoms with Crippen LogP contribution in [0.1, 0.15) is 37.3 Å². The molecule has 0 spiro atoms. The molecule has 0 fully saturated rings. The quantitative estimate of drug-likeness (QED) is 0.366. The van der Waals surface area contributed by atoms with E-state index in [-0.39, 0.29) is 41.3 Å². The second kappa shape index (κ2) is 10.1. The summed E-state index contributed by atoms with van der Waals surface area (Å²) < 4.78 is 21.1. The van der Waals surface area contributed by atoms with E-state index in [9.17, 15) is 19.2 Å². The van der Waals surface area contributed by atoms with Crippen LogP contribution in [0.4, 0.5) is 0 Å². The number of ether oxygens (including phenoxy) is 3. The van der Waals surface area contributed by atoms with E-state index in [0.717, 1.165) is 5.56 Å². The number of ketones is 1. The van der Waals surface area contributed by atoms with Gasteiger partial charge in [0.15, 0.2) is 11.2 Å². The summed E-state index contributed by atoms with van der Waals surface area (Å²) in [6.45, 7) is 5.51. The van der Waals surface area contributed by atoms with Gasteiger partial charge in [-0.1, -0.05) is 18.6 Å². The van der Waals surface area contributed by atoms with Crippen molar-refractivity contribution in [2.75, 3.05) is 27.4 Å². The predicted molar refractivity (Wildman–Crippen MR) is 130 cm³/mol. The van der Waals surface area contributed by atoms with Crippen LogP contribution in [0.2, 0.25) is 0 Å². The number of hydrogen-bond acceptors (Lipinski definition) is 9. The topological polar surface area (TPSA) is 121 Å². The van der Waals surface area contributed by atoms with Crippen LogP contribution in [0.3, 0.4) is 0 Å². The first-order chi connectivity index (χ1) is 17.2. The number of Topliss-reactive ketones (excluding diaryl/α,β-unsaturated/α-hetero) is 1. The molecule has 1 N–H and O–H groups in total. The normalized spacial score (nSPS) is 21.8. The van der Waals surface area contributed by atoms with Crippen molar-refractivity contribution in [3.05, 3.63) is 68.4 Å². The number of methoxy groups -OCH3 is 2. The van der Waals surface area contributed by atoms with Gasteiger partial charge in [-0.2, -0.15) is 0 Å². The highest BCUT2D eigenvalue weighted by Crippen LogP contribution is 2.45. The molecule has 36 heavy (non-hydrogen) atoms. The molecular formula is C27H29NO8. The van der Waals surface area contributed by atoms with E-state index in [1.807, 2.05) is 13.0 Å². The van der Waals surface area contributed by atoms with Crippen molar-refractivity contribution in [3.8, 4) is 0 Å². The number of benzene rings is 1. The Morgan fingerprint density at radius 3 is 2.58 bits per heavy atom. The fraction of sp³-hybridized carbons (Fsp3) is 0.407. The summed E-state index contributed by atoms with van der Waals surface area (Å²) in [5, 5.41) is 3.50. The smallest absolute Gasteiger partial charge is 0.336 e. The van der Waals surface area contributed by atoms with E-state index in [1.165, 1.54) is 20.5 Å². The minimum Gasteiger partial charge on any atom is -0.468 e. The minimum atomic E-state index is -1.08. The molecule has 2 heterocycles. The Morgan fingerprint density at radius 1 is 1.14 bits per heavy atom. The van der Waals surface area contributed by atoms with Gasteiger partial charge in [0.2, 0.25) is 0 Å². The van der Waals surface area contributed by atoms with Gasteiger partial charge in [0.05, 0.1) is 36.9 Å². The van der Waals surface area contributed by atoms with Crippen LogP contribution >= 0.6 is 0 Å². The Morgan fingerprint density at radius 2 is 1.89 bits per heavy atom. The maximum Gasteiger partial charge on any atom is 0.336 e. The number of dihydropyridines is 1. The van der Waals surface area contributed by atoms with Gasteiger partial charge in [-0.05, 0) is 38.3 Å². The molecule has 0 saturated carbocycles. The number of carbonyl (C=O) groups excluding carboxylic acids is 3. The summed E-state index contributed by atoms with van der Waals surface area (Å²) in [6.07, 6.45) is 1.65. The number of carbonyl (C=O) groups is 3. The molecule has 1 aliphatic heterocycles. The van der Waals surface area contributed by atoms with Gasteiger partial charge in [-0.25, -0.2) is 4.79 Å². The summed E-state index contributed by atoms with van der Waals surface area (Å²) in [6, 6.07) is 5.23. The maximum absolute atomic E-state index is 13.8. The van der Waals surface area contributed by atoms with Crippen molar-refractivity contribution in [1.29, 1.82) is 0 Å². The van der Waals surface area contributed by atoms with Crippen molar-refractivity contribution in [2.45, 2.75) is 33.1 Å². The number of rotatable bonds is 6. The molecule has 9 heteroatoms. The number of nitrogens with one attached hydrogen (secondary N) is 1. The van der Waals surface area contributed by atoms with Crippen LogP contribution in [0, 0.1) is 18.8 Å². The zero-order valence-electron chi connectivity index (χ0n) is 20.9. The third-order valence-electron chi connectivity index (χ3n) is 6.75. The number of aryl methyl sites for hydroxylation is 1. The SMILES string of the molecule is COCCOC(=O)C1=C(C)NC2=C(C(=O)[C@@H](C(=O)OC)[C@H](C)C2)[C@H]1c1coc2ccc(C)cc2c1=O. The van der Waals surface area contributed by atoms with E-state index < -0.39 is 29.6 Å². The highest BCUT2D eigenvalue weighted by atomic mass is 16.6. The number of allylic oxidation sites excluding steroid dienone is 3. The van der Waals surface area contributed by atoms with Gasteiger partial charge in [0, 0.05) is 29.6 Å². The van der Waals surface area contributed by atoms with Gasteiger partial charge < -0.3 is 23.9 Å². The third-order valence-corrected chi connectivity index (χ3v) is 6.75. The predicted octanol–water partition coefficient (Wildman–Crippen LogP) is 2.90. The lowest BCUT2D eigenvalue weighted by Gasteiger charge is -2.37. The molecule has 2 aromatic rings. The van der Waals surface area contributed by atoms with Gasteiger partial charge in [-0.15, -0.1) is 0 Å². The highest BCUT2D eigenvalue weighted by Gasteiger charge is 2.48. The lowest BCUT2D eigenvalue weighted by molar-refractivity contribution is -0.151. The highest BCUT2D eigenvalue weighted by molar-refractivity contribution is 6.12. The average Bonchev–Trinajstić information content (AvgIpc) is 2.83. The molecule has 9 nitrogen and oxygen atoms in total. The first-order valence-electron chi connectivity index (χ1n) is 11.7. The summed E-state index contributed by atoms with van der Waals surface area (Å²) in [7, 11) is 2.71. The second-order valence-electron chi connectivity index (χ2n) is 9.18. The van der Waals surface area contributed by atoms with Crippen LogP contribution in [0.25, 0.3) is 11.0 Å². The van der Waals surface area contributed by atoms with Gasteiger partial charge in [0.25, 0.3) is 0 Å². The Kier molecular flexibility index (Phi) is 7.12. The van der Waals surface area contributed by atoms with E-state index in [4.69, 9.17) is 18.6 Å². The van der Waals surface area contributed by atoms with E-state index in [1.54, 1.807) is 26.0 Å². The zero-order chi connectivity index (χ0) is 26.1. The summed E-state index contributed by atoms with van der Waals surface area (Å²) >= 11 is 0. The summed E-state index contributed by atoms with van der Waals surface area (Å²) in [5.41, 5.74) is 2.30. The molecule has 0 radical (unpaired) electrons.